The second-order valence-corrected chi connectivity index (χ2v) is 5.87. The minimum absolute atomic E-state index is 0.126. The lowest BCUT2D eigenvalue weighted by Gasteiger charge is -2.09. The van der Waals surface area contributed by atoms with Crippen molar-refractivity contribution in [2.75, 3.05) is 0 Å². The molecule has 0 saturated heterocycles. The number of carbonyl (C=O) groups excluding carboxylic acids is 2. The number of nitrogens with one attached hydrogen (secondary N) is 3. The first-order valence-electron chi connectivity index (χ1n) is 7.45. The van der Waals surface area contributed by atoms with E-state index in [1.165, 1.54) is 36.4 Å². The van der Waals surface area contributed by atoms with Crippen molar-refractivity contribution in [3.63, 3.8) is 0 Å². The van der Waals surface area contributed by atoms with Gasteiger partial charge in [-0.15, -0.1) is 0 Å². The molecule has 0 aliphatic heterocycles. The van der Waals surface area contributed by atoms with Gasteiger partial charge < -0.3 is 0 Å². The van der Waals surface area contributed by atoms with E-state index in [1.54, 1.807) is 24.3 Å². The Hall–Kier alpha value is -3.30. The van der Waals surface area contributed by atoms with Crippen molar-refractivity contribution in [1.82, 2.24) is 16.2 Å². The second kappa shape index (κ2) is 9.41. The van der Waals surface area contributed by atoms with Crippen LogP contribution in [0.5, 0.6) is 0 Å². The normalized spacial score (nSPS) is 10.3. The smallest absolute Gasteiger partial charge is 0.269 e. The van der Waals surface area contributed by atoms with Gasteiger partial charge in [-0.05, 0) is 42.1 Å². The van der Waals surface area contributed by atoms with Crippen LogP contribution in [0.25, 0.3) is 6.08 Å². The number of halogens is 1. The van der Waals surface area contributed by atoms with Crippen molar-refractivity contribution in [2.24, 2.45) is 0 Å². The van der Waals surface area contributed by atoms with Crippen molar-refractivity contribution in [3.05, 3.63) is 80.9 Å². The largest absolute Gasteiger partial charge is 0.298 e. The molecule has 8 nitrogen and oxygen atoms in total. The number of rotatable bonds is 4. The molecule has 2 amide bonds. The third kappa shape index (κ3) is 6.17. The third-order valence-corrected chi connectivity index (χ3v) is 3.73. The monoisotopic (exact) mass is 404 g/mol. The number of thiocarbonyl (C=S) groups is 1. The van der Waals surface area contributed by atoms with Crippen LogP contribution in [0.3, 0.4) is 0 Å². The number of nitro groups is 1. The van der Waals surface area contributed by atoms with Crippen LogP contribution in [-0.4, -0.2) is 21.9 Å². The number of carbonyl (C=O) groups is 2. The number of nitrogens with zero attached hydrogens (tertiary/aromatic N) is 1. The zero-order valence-corrected chi connectivity index (χ0v) is 15.2. The predicted molar refractivity (Wildman–Crippen MR) is 105 cm³/mol. The summed E-state index contributed by atoms with van der Waals surface area (Å²) in [4.78, 5) is 33.7. The van der Waals surface area contributed by atoms with Crippen molar-refractivity contribution in [3.8, 4) is 0 Å². The highest BCUT2D eigenvalue weighted by molar-refractivity contribution is 7.80. The fraction of sp³-hybridized carbons (Fsp3) is 0. The van der Waals surface area contributed by atoms with Gasteiger partial charge in [-0.3, -0.25) is 35.9 Å². The topological polar surface area (TPSA) is 113 Å². The van der Waals surface area contributed by atoms with Crippen LogP contribution in [0.4, 0.5) is 5.69 Å². The summed E-state index contributed by atoms with van der Waals surface area (Å²) < 4.78 is 0. The molecule has 0 saturated carbocycles. The van der Waals surface area contributed by atoms with Gasteiger partial charge in [0, 0.05) is 28.8 Å². The van der Waals surface area contributed by atoms with Crippen molar-refractivity contribution >= 4 is 52.5 Å². The standard InChI is InChI=1S/C17H13ClN4O4S/c18-14-4-2-1-3-11(14)7-10-15(23)19-17(27)21-20-16(24)12-5-8-13(9-6-12)22(25)26/h1-10H,(H,20,24)(H2,19,21,23,27). The molecular weight excluding hydrogens is 392 g/mol. The van der Waals surface area contributed by atoms with E-state index in [4.69, 9.17) is 23.8 Å². The minimum atomic E-state index is -0.576. The minimum Gasteiger partial charge on any atom is -0.298 e. The molecule has 0 unspecified atom stereocenters. The highest BCUT2D eigenvalue weighted by Crippen LogP contribution is 2.16. The first-order valence-corrected chi connectivity index (χ1v) is 8.24. The molecule has 0 aliphatic rings. The van der Waals surface area contributed by atoms with E-state index >= 15 is 0 Å². The SMILES string of the molecule is O=C(C=Cc1ccccc1Cl)NC(=S)NNC(=O)c1ccc([N+](=O)[O-])cc1. The molecular formula is C17H13ClN4O4S. The van der Waals surface area contributed by atoms with Crippen LogP contribution in [-0.2, 0) is 4.79 Å². The van der Waals surface area contributed by atoms with Gasteiger partial charge in [0.05, 0.1) is 4.92 Å². The van der Waals surface area contributed by atoms with Crippen LogP contribution in [0.15, 0.2) is 54.6 Å². The number of hydrogen-bond donors (Lipinski definition) is 3. The molecule has 2 aromatic carbocycles. The lowest BCUT2D eigenvalue weighted by atomic mass is 10.2. The number of amides is 2. The second-order valence-electron chi connectivity index (χ2n) is 5.06. The quantitative estimate of drug-likeness (QED) is 0.312. The summed E-state index contributed by atoms with van der Waals surface area (Å²) in [5, 5.41) is 13.3. The first-order chi connectivity index (χ1) is 12.9. The Kier molecular flexibility index (Phi) is 6.98. The molecule has 0 heterocycles. The molecule has 2 rings (SSSR count). The Bertz CT molecular complexity index is 915. The number of benzene rings is 2. The summed E-state index contributed by atoms with van der Waals surface area (Å²) in [6.07, 6.45) is 2.77. The van der Waals surface area contributed by atoms with Gasteiger partial charge in [-0.25, -0.2) is 0 Å². The average molecular weight is 405 g/mol. The molecule has 0 bridgehead atoms. The Labute approximate surface area is 164 Å². The van der Waals surface area contributed by atoms with Crippen molar-refractivity contribution < 1.29 is 14.5 Å². The molecule has 0 spiro atoms. The van der Waals surface area contributed by atoms with Gasteiger partial charge in [-0.2, -0.15) is 0 Å². The lowest BCUT2D eigenvalue weighted by Crippen LogP contribution is -2.48. The Morgan fingerprint density at radius 3 is 2.37 bits per heavy atom. The summed E-state index contributed by atoms with van der Waals surface area (Å²) in [7, 11) is 0. The van der Waals surface area contributed by atoms with Gasteiger partial charge in [0.25, 0.3) is 11.6 Å². The zero-order valence-electron chi connectivity index (χ0n) is 13.6. The van der Waals surface area contributed by atoms with Gasteiger partial charge in [0.15, 0.2) is 5.11 Å². The van der Waals surface area contributed by atoms with E-state index in [1.807, 2.05) is 0 Å². The maximum Gasteiger partial charge on any atom is 0.269 e. The molecule has 27 heavy (non-hydrogen) atoms. The molecule has 0 fully saturated rings. The van der Waals surface area contributed by atoms with Crippen LogP contribution >= 0.6 is 23.8 Å². The van der Waals surface area contributed by atoms with Crippen molar-refractivity contribution in [1.29, 1.82) is 0 Å². The lowest BCUT2D eigenvalue weighted by molar-refractivity contribution is -0.384. The van der Waals surface area contributed by atoms with E-state index in [0.29, 0.717) is 10.6 Å². The van der Waals surface area contributed by atoms with E-state index < -0.39 is 16.7 Å². The van der Waals surface area contributed by atoms with Crippen LogP contribution in [0.1, 0.15) is 15.9 Å². The molecule has 0 aliphatic carbocycles. The van der Waals surface area contributed by atoms with Crippen LogP contribution in [0.2, 0.25) is 5.02 Å². The molecule has 10 heteroatoms. The molecule has 2 aromatic rings. The van der Waals surface area contributed by atoms with E-state index in [2.05, 4.69) is 16.2 Å². The number of non-ortho nitro benzene ring substituents is 1. The predicted octanol–water partition coefficient (Wildman–Crippen LogP) is 2.60. The highest BCUT2D eigenvalue weighted by Gasteiger charge is 2.10. The van der Waals surface area contributed by atoms with E-state index in [-0.39, 0.29) is 16.4 Å². The van der Waals surface area contributed by atoms with Crippen LogP contribution < -0.4 is 16.2 Å². The van der Waals surface area contributed by atoms with Crippen LogP contribution in [0, 0.1) is 10.1 Å². The Morgan fingerprint density at radius 1 is 1.07 bits per heavy atom. The fourth-order valence-electron chi connectivity index (χ4n) is 1.88. The van der Waals surface area contributed by atoms with E-state index in [9.17, 15) is 19.7 Å². The van der Waals surface area contributed by atoms with Gasteiger partial charge >= 0.3 is 0 Å². The average Bonchev–Trinajstić information content (AvgIpc) is 2.65. The van der Waals surface area contributed by atoms with Gasteiger partial charge in [0.2, 0.25) is 5.91 Å². The maximum atomic E-state index is 11.9. The third-order valence-electron chi connectivity index (χ3n) is 3.19. The summed E-state index contributed by atoms with van der Waals surface area (Å²) >= 11 is 10.9. The summed E-state index contributed by atoms with van der Waals surface area (Å²) in [6.45, 7) is 0. The number of nitro benzene ring substituents is 1. The Balaban J connectivity index is 1.83. The molecule has 3 N–H and O–H groups in total. The zero-order chi connectivity index (χ0) is 19.8. The molecule has 0 radical (unpaired) electrons. The van der Waals surface area contributed by atoms with Crippen molar-refractivity contribution in [2.45, 2.75) is 0 Å². The number of hydrogen-bond acceptors (Lipinski definition) is 5. The van der Waals surface area contributed by atoms with Gasteiger partial charge in [-0.1, -0.05) is 29.8 Å². The molecule has 0 atom stereocenters. The first kappa shape index (κ1) is 20.0. The van der Waals surface area contributed by atoms with Gasteiger partial charge in [0.1, 0.15) is 0 Å². The summed E-state index contributed by atoms with van der Waals surface area (Å²) in [5.74, 6) is -1.09. The highest BCUT2D eigenvalue weighted by atomic mass is 35.5. The summed E-state index contributed by atoms with van der Waals surface area (Å²) in [5.41, 5.74) is 5.36. The van der Waals surface area contributed by atoms with E-state index in [0.717, 1.165) is 0 Å². The number of hydrazine groups is 1. The summed E-state index contributed by atoms with van der Waals surface area (Å²) in [6, 6.07) is 12.0. The molecule has 0 aromatic heterocycles. The molecule has 138 valence electrons. The Morgan fingerprint density at radius 2 is 1.74 bits per heavy atom. The fourth-order valence-corrected chi connectivity index (χ4v) is 2.23. The maximum absolute atomic E-state index is 11.9.